The van der Waals surface area contributed by atoms with Gasteiger partial charge in [0.15, 0.2) is 5.01 Å². The number of halogens is 2. The van der Waals surface area contributed by atoms with Gasteiger partial charge in [0.05, 0.1) is 5.03 Å². The van der Waals surface area contributed by atoms with Crippen molar-refractivity contribution in [3.63, 3.8) is 0 Å². The molecule has 1 amide bonds. The molecular formula is C22H15ClFN3OS. The van der Waals surface area contributed by atoms with Crippen LogP contribution in [0, 0.1) is 5.82 Å². The van der Waals surface area contributed by atoms with Gasteiger partial charge in [0.1, 0.15) is 5.82 Å². The second-order valence-electron chi connectivity index (χ2n) is 6.32. The minimum atomic E-state index is -0.353. The molecule has 144 valence electrons. The van der Waals surface area contributed by atoms with E-state index in [0.29, 0.717) is 10.0 Å². The maximum absolute atomic E-state index is 12.9. The lowest BCUT2D eigenvalue weighted by Crippen LogP contribution is -2.22. The summed E-state index contributed by atoms with van der Waals surface area (Å²) in [4.78, 5) is 12.3. The van der Waals surface area contributed by atoms with Gasteiger partial charge < -0.3 is 5.32 Å². The largest absolute Gasteiger partial charge is 0.346 e. The predicted octanol–water partition coefficient (Wildman–Crippen LogP) is 5.50. The van der Waals surface area contributed by atoms with Gasteiger partial charge in [-0.2, -0.15) is 0 Å². The van der Waals surface area contributed by atoms with E-state index in [0.717, 1.165) is 33.2 Å². The normalized spacial score (nSPS) is 11.6. The SMILES string of the molecule is O=C(NCc1ccc(F)cc1)c1nnc(C(Cl)=Cc2ccc3ccccc3c2)s1. The Morgan fingerprint density at radius 1 is 1.00 bits per heavy atom. The number of amides is 1. The minimum Gasteiger partial charge on any atom is -0.346 e. The van der Waals surface area contributed by atoms with Crippen LogP contribution in [-0.2, 0) is 6.54 Å². The molecule has 0 aliphatic heterocycles. The van der Waals surface area contributed by atoms with E-state index in [2.05, 4.69) is 15.5 Å². The average molecular weight is 424 g/mol. The van der Waals surface area contributed by atoms with Crippen LogP contribution < -0.4 is 5.32 Å². The van der Waals surface area contributed by atoms with Crippen LogP contribution in [0.5, 0.6) is 0 Å². The number of nitrogens with one attached hydrogen (secondary N) is 1. The lowest BCUT2D eigenvalue weighted by atomic mass is 10.1. The second-order valence-corrected chi connectivity index (χ2v) is 7.71. The Morgan fingerprint density at radius 3 is 2.52 bits per heavy atom. The van der Waals surface area contributed by atoms with Gasteiger partial charge in [0.25, 0.3) is 5.91 Å². The molecule has 7 heteroatoms. The third-order valence-corrected chi connectivity index (χ3v) is 5.61. The molecule has 0 bridgehead atoms. The Bertz CT molecular complexity index is 1200. The molecule has 1 aromatic heterocycles. The molecule has 4 rings (SSSR count). The average Bonchev–Trinajstić information content (AvgIpc) is 3.24. The van der Waals surface area contributed by atoms with Crippen LogP contribution in [-0.4, -0.2) is 16.1 Å². The van der Waals surface area contributed by atoms with Crippen molar-refractivity contribution in [1.82, 2.24) is 15.5 Å². The smallest absolute Gasteiger partial charge is 0.282 e. The van der Waals surface area contributed by atoms with Crippen LogP contribution in [0.15, 0.2) is 66.7 Å². The molecule has 0 aliphatic rings. The highest BCUT2D eigenvalue weighted by Gasteiger charge is 2.14. The summed E-state index contributed by atoms with van der Waals surface area (Å²) < 4.78 is 12.9. The summed E-state index contributed by atoms with van der Waals surface area (Å²) in [6.07, 6.45) is 1.80. The maximum atomic E-state index is 12.9. The van der Waals surface area contributed by atoms with E-state index >= 15 is 0 Å². The van der Waals surface area contributed by atoms with Gasteiger partial charge in [-0.25, -0.2) is 4.39 Å². The van der Waals surface area contributed by atoms with E-state index in [-0.39, 0.29) is 23.3 Å². The van der Waals surface area contributed by atoms with Crippen molar-refractivity contribution in [1.29, 1.82) is 0 Å². The Hall–Kier alpha value is -3.09. The summed E-state index contributed by atoms with van der Waals surface area (Å²) in [6, 6.07) is 20.0. The zero-order valence-electron chi connectivity index (χ0n) is 15.1. The number of hydrogen-bond donors (Lipinski definition) is 1. The number of fused-ring (bicyclic) bond motifs is 1. The topological polar surface area (TPSA) is 54.9 Å². The Morgan fingerprint density at radius 2 is 1.72 bits per heavy atom. The Kier molecular flexibility index (Phi) is 5.64. The molecule has 0 saturated heterocycles. The van der Waals surface area contributed by atoms with Gasteiger partial charge in [-0.3, -0.25) is 4.79 Å². The van der Waals surface area contributed by atoms with E-state index < -0.39 is 0 Å². The van der Waals surface area contributed by atoms with Crippen LogP contribution in [0.3, 0.4) is 0 Å². The summed E-state index contributed by atoms with van der Waals surface area (Å²) in [7, 11) is 0. The van der Waals surface area contributed by atoms with Crippen LogP contribution in [0.1, 0.15) is 25.9 Å². The van der Waals surface area contributed by atoms with Crippen molar-refractivity contribution in [3.8, 4) is 0 Å². The quantitative estimate of drug-likeness (QED) is 0.461. The van der Waals surface area contributed by atoms with Crippen molar-refractivity contribution in [2.75, 3.05) is 0 Å². The first-order valence-electron chi connectivity index (χ1n) is 8.81. The van der Waals surface area contributed by atoms with Gasteiger partial charge in [-0.1, -0.05) is 71.5 Å². The highest BCUT2D eigenvalue weighted by molar-refractivity contribution is 7.15. The summed E-state index contributed by atoms with van der Waals surface area (Å²) in [5, 5.41) is 14.0. The highest BCUT2D eigenvalue weighted by atomic mass is 35.5. The molecule has 0 saturated carbocycles. The van der Waals surface area contributed by atoms with Crippen LogP contribution in [0.25, 0.3) is 21.9 Å². The van der Waals surface area contributed by atoms with Crippen LogP contribution in [0.2, 0.25) is 0 Å². The highest BCUT2D eigenvalue weighted by Crippen LogP contribution is 2.26. The molecule has 0 fully saturated rings. The van der Waals surface area contributed by atoms with Crippen LogP contribution in [0.4, 0.5) is 4.39 Å². The third-order valence-electron chi connectivity index (χ3n) is 4.26. The van der Waals surface area contributed by atoms with Gasteiger partial charge in [-0.15, -0.1) is 10.2 Å². The van der Waals surface area contributed by atoms with Crippen molar-refractivity contribution < 1.29 is 9.18 Å². The molecule has 0 aliphatic carbocycles. The molecule has 3 aromatic carbocycles. The summed E-state index contributed by atoms with van der Waals surface area (Å²) in [5.74, 6) is -0.671. The number of hydrogen-bond acceptors (Lipinski definition) is 4. The lowest BCUT2D eigenvalue weighted by Gasteiger charge is -2.02. The lowest BCUT2D eigenvalue weighted by molar-refractivity contribution is 0.0950. The molecule has 4 aromatic rings. The number of carbonyl (C=O) groups excluding carboxylic acids is 1. The fraction of sp³-hybridized carbons (Fsp3) is 0.0455. The zero-order chi connectivity index (χ0) is 20.2. The molecular weight excluding hydrogens is 409 g/mol. The first-order chi connectivity index (χ1) is 14.1. The number of carbonyl (C=O) groups is 1. The number of benzene rings is 3. The third kappa shape index (κ3) is 4.67. The second kappa shape index (κ2) is 8.51. The van der Waals surface area contributed by atoms with Crippen molar-refractivity contribution in [2.24, 2.45) is 0 Å². The molecule has 1 heterocycles. The first kappa shape index (κ1) is 19.2. The first-order valence-corrected chi connectivity index (χ1v) is 10.0. The summed E-state index contributed by atoms with van der Waals surface area (Å²) in [6.45, 7) is 0.273. The van der Waals surface area contributed by atoms with Gasteiger partial charge in [0, 0.05) is 6.54 Å². The van der Waals surface area contributed by atoms with Gasteiger partial charge in [0.2, 0.25) is 5.01 Å². The predicted molar refractivity (Wildman–Crippen MR) is 115 cm³/mol. The molecule has 0 unspecified atom stereocenters. The number of rotatable bonds is 5. The molecule has 0 atom stereocenters. The fourth-order valence-corrected chi connectivity index (χ4v) is 3.72. The minimum absolute atomic E-state index is 0.215. The molecule has 1 N–H and O–H groups in total. The number of nitrogens with zero attached hydrogens (tertiary/aromatic N) is 2. The summed E-state index contributed by atoms with van der Waals surface area (Å²) >= 11 is 7.51. The van der Waals surface area contributed by atoms with E-state index in [9.17, 15) is 9.18 Å². The molecule has 4 nitrogen and oxygen atoms in total. The van der Waals surface area contributed by atoms with Crippen molar-refractivity contribution >= 4 is 50.7 Å². The van der Waals surface area contributed by atoms with Gasteiger partial charge in [-0.05, 0) is 46.2 Å². The number of aromatic nitrogens is 2. The van der Waals surface area contributed by atoms with E-state index in [1.165, 1.54) is 12.1 Å². The van der Waals surface area contributed by atoms with Crippen LogP contribution >= 0.6 is 22.9 Å². The van der Waals surface area contributed by atoms with Crippen molar-refractivity contribution in [3.05, 3.63) is 93.7 Å². The van der Waals surface area contributed by atoms with E-state index in [1.54, 1.807) is 18.2 Å². The van der Waals surface area contributed by atoms with Crippen molar-refractivity contribution in [2.45, 2.75) is 6.54 Å². The Balaban J connectivity index is 1.46. The molecule has 0 radical (unpaired) electrons. The standard InChI is InChI=1S/C22H15ClFN3OS/c23-19(12-15-5-8-16-3-1-2-4-17(16)11-15)21-26-27-22(29-21)20(28)25-13-14-6-9-18(24)10-7-14/h1-12H,13H2,(H,25,28). The zero-order valence-corrected chi connectivity index (χ0v) is 16.7. The van der Waals surface area contributed by atoms with E-state index in [4.69, 9.17) is 11.6 Å². The monoisotopic (exact) mass is 423 g/mol. The Labute approximate surface area is 175 Å². The van der Waals surface area contributed by atoms with Gasteiger partial charge >= 0.3 is 0 Å². The maximum Gasteiger partial charge on any atom is 0.282 e. The fourth-order valence-electron chi connectivity index (χ4n) is 2.78. The summed E-state index contributed by atoms with van der Waals surface area (Å²) in [5.41, 5.74) is 1.73. The molecule has 0 spiro atoms. The molecule has 29 heavy (non-hydrogen) atoms. The van der Waals surface area contributed by atoms with E-state index in [1.807, 2.05) is 42.5 Å².